The summed E-state index contributed by atoms with van der Waals surface area (Å²) in [6.07, 6.45) is 0. The fraction of sp³-hybridized carbons (Fsp3) is 0.235. The number of rotatable bonds is 7. The van der Waals surface area contributed by atoms with E-state index in [1.54, 1.807) is 26.4 Å². The van der Waals surface area contributed by atoms with Gasteiger partial charge in [-0.25, -0.2) is 4.79 Å². The fourth-order valence-corrected chi connectivity index (χ4v) is 1.94. The first-order valence-electron chi connectivity index (χ1n) is 7.13. The monoisotopic (exact) mass is 316 g/mol. The molecule has 0 unspecified atom stereocenters. The molecule has 0 saturated heterocycles. The summed E-state index contributed by atoms with van der Waals surface area (Å²) in [5, 5.41) is 5.37. The molecule has 0 aromatic heterocycles. The SMILES string of the molecule is COc1cccc(CNC(=O)NCOc2ccccc2OC)c1. The van der Waals surface area contributed by atoms with Crippen LogP contribution in [0, 0.1) is 0 Å². The highest BCUT2D eigenvalue weighted by molar-refractivity contribution is 5.73. The van der Waals surface area contributed by atoms with Gasteiger partial charge in [0, 0.05) is 6.54 Å². The van der Waals surface area contributed by atoms with Crippen LogP contribution in [-0.2, 0) is 6.54 Å². The van der Waals surface area contributed by atoms with Gasteiger partial charge in [-0.05, 0) is 29.8 Å². The molecule has 0 aliphatic carbocycles. The topological polar surface area (TPSA) is 68.8 Å². The minimum atomic E-state index is -0.317. The molecule has 2 aromatic carbocycles. The van der Waals surface area contributed by atoms with E-state index in [1.807, 2.05) is 36.4 Å². The molecule has 0 saturated carbocycles. The second-order valence-corrected chi connectivity index (χ2v) is 4.65. The van der Waals surface area contributed by atoms with Crippen molar-refractivity contribution in [1.29, 1.82) is 0 Å². The van der Waals surface area contributed by atoms with Gasteiger partial charge in [-0.15, -0.1) is 0 Å². The second-order valence-electron chi connectivity index (χ2n) is 4.65. The van der Waals surface area contributed by atoms with E-state index in [2.05, 4.69) is 10.6 Å². The summed E-state index contributed by atoms with van der Waals surface area (Å²) in [6.45, 7) is 0.446. The number of amides is 2. The zero-order valence-electron chi connectivity index (χ0n) is 13.2. The summed E-state index contributed by atoms with van der Waals surface area (Å²) < 4.78 is 15.8. The molecule has 0 spiro atoms. The van der Waals surface area contributed by atoms with E-state index in [9.17, 15) is 4.79 Å². The fourth-order valence-electron chi connectivity index (χ4n) is 1.94. The van der Waals surface area contributed by atoms with Gasteiger partial charge in [0.25, 0.3) is 0 Å². The summed E-state index contributed by atoms with van der Waals surface area (Å²) in [6, 6.07) is 14.4. The number of ether oxygens (including phenoxy) is 3. The summed E-state index contributed by atoms with van der Waals surface area (Å²) in [5.41, 5.74) is 0.949. The Morgan fingerprint density at radius 3 is 2.48 bits per heavy atom. The summed E-state index contributed by atoms with van der Waals surface area (Å²) in [4.78, 5) is 11.8. The maximum Gasteiger partial charge on any atom is 0.317 e. The lowest BCUT2D eigenvalue weighted by atomic mass is 10.2. The molecule has 2 amide bonds. The second kappa shape index (κ2) is 8.53. The van der Waals surface area contributed by atoms with Crippen molar-refractivity contribution in [2.24, 2.45) is 0 Å². The molecule has 0 radical (unpaired) electrons. The Morgan fingerprint density at radius 2 is 1.74 bits per heavy atom. The third-order valence-corrected chi connectivity index (χ3v) is 3.12. The van der Waals surface area contributed by atoms with E-state index in [1.165, 1.54) is 0 Å². The Balaban J connectivity index is 1.74. The molecule has 0 aliphatic rings. The van der Waals surface area contributed by atoms with E-state index >= 15 is 0 Å². The number of carbonyl (C=O) groups excluding carboxylic acids is 1. The molecule has 122 valence electrons. The lowest BCUT2D eigenvalue weighted by molar-refractivity contribution is 0.221. The predicted octanol–water partition coefficient (Wildman–Crippen LogP) is 2.54. The van der Waals surface area contributed by atoms with Gasteiger partial charge in [-0.2, -0.15) is 0 Å². The Hall–Kier alpha value is -2.89. The molecule has 0 heterocycles. The smallest absolute Gasteiger partial charge is 0.317 e. The lowest BCUT2D eigenvalue weighted by Gasteiger charge is -2.12. The van der Waals surface area contributed by atoms with Crippen LogP contribution in [0.15, 0.2) is 48.5 Å². The van der Waals surface area contributed by atoms with Gasteiger partial charge < -0.3 is 24.8 Å². The number of hydrogen-bond acceptors (Lipinski definition) is 4. The van der Waals surface area contributed by atoms with Crippen LogP contribution < -0.4 is 24.8 Å². The zero-order valence-corrected chi connectivity index (χ0v) is 13.2. The van der Waals surface area contributed by atoms with Crippen molar-refractivity contribution in [1.82, 2.24) is 10.6 Å². The molecule has 23 heavy (non-hydrogen) atoms. The van der Waals surface area contributed by atoms with Gasteiger partial charge in [0.15, 0.2) is 18.2 Å². The van der Waals surface area contributed by atoms with Gasteiger partial charge >= 0.3 is 6.03 Å². The summed E-state index contributed by atoms with van der Waals surface area (Å²) in [7, 11) is 3.17. The van der Waals surface area contributed by atoms with Crippen LogP contribution in [0.25, 0.3) is 0 Å². The molecular weight excluding hydrogens is 296 g/mol. The quantitative estimate of drug-likeness (QED) is 0.770. The Labute approximate surface area is 135 Å². The summed E-state index contributed by atoms with van der Waals surface area (Å²) >= 11 is 0. The van der Waals surface area contributed by atoms with E-state index in [0.29, 0.717) is 18.0 Å². The van der Waals surface area contributed by atoms with Crippen LogP contribution in [0.1, 0.15) is 5.56 Å². The van der Waals surface area contributed by atoms with Crippen molar-refractivity contribution in [3.05, 3.63) is 54.1 Å². The summed E-state index contributed by atoms with van der Waals surface area (Å²) in [5.74, 6) is 1.94. The molecule has 2 rings (SSSR count). The lowest BCUT2D eigenvalue weighted by Crippen LogP contribution is -2.37. The van der Waals surface area contributed by atoms with Crippen molar-refractivity contribution in [2.45, 2.75) is 6.54 Å². The van der Waals surface area contributed by atoms with Crippen molar-refractivity contribution in [3.63, 3.8) is 0 Å². The van der Waals surface area contributed by atoms with Crippen molar-refractivity contribution >= 4 is 6.03 Å². The van der Waals surface area contributed by atoms with Gasteiger partial charge in [-0.3, -0.25) is 0 Å². The van der Waals surface area contributed by atoms with Crippen LogP contribution in [0.4, 0.5) is 4.79 Å². The van der Waals surface area contributed by atoms with E-state index < -0.39 is 0 Å². The maximum absolute atomic E-state index is 11.8. The number of hydrogen-bond donors (Lipinski definition) is 2. The van der Waals surface area contributed by atoms with Crippen LogP contribution >= 0.6 is 0 Å². The van der Waals surface area contributed by atoms with Gasteiger partial charge in [0.1, 0.15) is 5.75 Å². The Morgan fingerprint density at radius 1 is 0.957 bits per heavy atom. The first kappa shape index (κ1) is 16.5. The molecule has 0 fully saturated rings. The zero-order chi connectivity index (χ0) is 16.5. The normalized spacial score (nSPS) is 9.83. The van der Waals surface area contributed by atoms with Crippen LogP contribution in [0.5, 0.6) is 17.2 Å². The minimum Gasteiger partial charge on any atom is -0.497 e. The van der Waals surface area contributed by atoms with E-state index in [0.717, 1.165) is 11.3 Å². The maximum atomic E-state index is 11.8. The van der Waals surface area contributed by atoms with Gasteiger partial charge in [0.2, 0.25) is 0 Å². The van der Waals surface area contributed by atoms with Crippen LogP contribution in [0.3, 0.4) is 0 Å². The Kier molecular flexibility index (Phi) is 6.11. The van der Waals surface area contributed by atoms with Crippen molar-refractivity contribution in [2.75, 3.05) is 21.0 Å². The first-order chi connectivity index (χ1) is 11.2. The van der Waals surface area contributed by atoms with Crippen molar-refractivity contribution < 1.29 is 19.0 Å². The standard InChI is InChI=1S/C17H20N2O4/c1-21-14-7-5-6-13(10-14)11-18-17(20)19-12-23-16-9-4-3-8-15(16)22-2/h3-10H,11-12H2,1-2H3,(H2,18,19,20). The highest BCUT2D eigenvalue weighted by atomic mass is 16.5. The molecule has 6 heteroatoms. The number of urea groups is 1. The third kappa shape index (κ3) is 5.10. The average molecular weight is 316 g/mol. The molecule has 2 aromatic rings. The van der Waals surface area contributed by atoms with E-state index in [-0.39, 0.29) is 12.8 Å². The third-order valence-electron chi connectivity index (χ3n) is 3.12. The minimum absolute atomic E-state index is 0.0459. The molecule has 0 atom stereocenters. The number of benzene rings is 2. The highest BCUT2D eigenvalue weighted by Crippen LogP contribution is 2.25. The number of nitrogens with one attached hydrogen (secondary N) is 2. The Bertz CT molecular complexity index is 646. The molecular formula is C17H20N2O4. The average Bonchev–Trinajstić information content (AvgIpc) is 2.60. The van der Waals surface area contributed by atoms with Gasteiger partial charge in [-0.1, -0.05) is 24.3 Å². The van der Waals surface area contributed by atoms with Crippen LogP contribution in [-0.4, -0.2) is 27.0 Å². The van der Waals surface area contributed by atoms with E-state index in [4.69, 9.17) is 14.2 Å². The molecule has 0 bridgehead atoms. The number of carbonyl (C=O) groups is 1. The highest BCUT2D eigenvalue weighted by Gasteiger charge is 2.04. The largest absolute Gasteiger partial charge is 0.497 e. The molecule has 6 nitrogen and oxygen atoms in total. The van der Waals surface area contributed by atoms with Crippen molar-refractivity contribution in [3.8, 4) is 17.2 Å². The van der Waals surface area contributed by atoms with Crippen LogP contribution in [0.2, 0.25) is 0 Å². The number of para-hydroxylation sites is 2. The van der Waals surface area contributed by atoms with Gasteiger partial charge in [0.05, 0.1) is 14.2 Å². The predicted molar refractivity (Wildman–Crippen MR) is 86.9 cm³/mol. The molecule has 2 N–H and O–H groups in total. The molecule has 0 aliphatic heterocycles. The first-order valence-corrected chi connectivity index (χ1v) is 7.13. The number of methoxy groups -OCH3 is 2.